The lowest BCUT2D eigenvalue weighted by Gasteiger charge is -2.08. The molecule has 0 spiro atoms. The van der Waals surface area contributed by atoms with Crippen LogP contribution in [0.3, 0.4) is 0 Å². The number of benzene rings is 2. The molecule has 0 bridgehead atoms. The van der Waals surface area contributed by atoms with Crippen molar-refractivity contribution in [2.75, 3.05) is 18.5 Å². The lowest BCUT2D eigenvalue weighted by Crippen LogP contribution is -2.18. The molecule has 2 aromatic rings. The Kier molecular flexibility index (Phi) is 5.15. The number of para-hydroxylation sites is 1. The largest absolute Gasteiger partial charge is 0.457 e. The van der Waals surface area contributed by atoms with Crippen LogP contribution in [0.5, 0.6) is 11.5 Å². The fraction of sp³-hybridized carbons (Fsp3) is 0.188. The highest BCUT2D eigenvalue weighted by molar-refractivity contribution is 5.91. The van der Waals surface area contributed by atoms with Gasteiger partial charge in [-0.1, -0.05) is 18.2 Å². The molecule has 0 unspecified atom stereocenters. The van der Waals surface area contributed by atoms with Gasteiger partial charge in [0.05, 0.1) is 0 Å². The molecule has 0 saturated carbocycles. The van der Waals surface area contributed by atoms with Crippen LogP contribution < -0.4 is 10.1 Å². The molecule has 2 aromatic carbocycles. The predicted octanol–water partition coefficient (Wildman–Crippen LogP) is 3.45. The van der Waals surface area contributed by atoms with Crippen LogP contribution in [-0.4, -0.2) is 19.1 Å². The number of anilines is 1. The van der Waals surface area contributed by atoms with E-state index in [4.69, 9.17) is 9.47 Å². The summed E-state index contributed by atoms with van der Waals surface area (Å²) in [5.74, 6) is 1.34. The summed E-state index contributed by atoms with van der Waals surface area (Å²) in [6.07, 6.45) is 0. The highest BCUT2D eigenvalue weighted by atomic mass is 16.5. The van der Waals surface area contributed by atoms with Crippen LogP contribution in [0.2, 0.25) is 0 Å². The van der Waals surface area contributed by atoms with E-state index in [0.29, 0.717) is 6.61 Å². The minimum absolute atomic E-state index is 0.0682. The third-order valence-corrected chi connectivity index (χ3v) is 2.55. The number of rotatable bonds is 6. The van der Waals surface area contributed by atoms with Crippen molar-refractivity contribution in [1.82, 2.24) is 0 Å². The first-order chi connectivity index (χ1) is 9.78. The Morgan fingerprint density at radius 3 is 2.30 bits per heavy atom. The van der Waals surface area contributed by atoms with Gasteiger partial charge in [-0.25, -0.2) is 0 Å². The Labute approximate surface area is 118 Å². The highest BCUT2D eigenvalue weighted by Gasteiger charge is 2.02. The number of hydrogen-bond acceptors (Lipinski definition) is 3. The second-order valence-corrected chi connectivity index (χ2v) is 4.12. The summed E-state index contributed by atoms with van der Waals surface area (Å²) in [6.45, 7) is 2.44. The van der Waals surface area contributed by atoms with Crippen molar-refractivity contribution in [2.24, 2.45) is 0 Å². The Hall–Kier alpha value is -2.33. The van der Waals surface area contributed by atoms with Crippen LogP contribution in [0, 0.1) is 0 Å². The van der Waals surface area contributed by atoms with Gasteiger partial charge in [0, 0.05) is 12.3 Å². The number of amides is 1. The molecule has 0 aliphatic heterocycles. The second kappa shape index (κ2) is 7.31. The molecule has 0 aliphatic rings. The van der Waals surface area contributed by atoms with E-state index in [2.05, 4.69) is 5.32 Å². The van der Waals surface area contributed by atoms with Crippen LogP contribution in [0.4, 0.5) is 5.69 Å². The van der Waals surface area contributed by atoms with Crippen LogP contribution in [0.25, 0.3) is 0 Å². The van der Waals surface area contributed by atoms with Crippen LogP contribution in [0.1, 0.15) is 6.92 Å². The summed E-state index contributed by atoms with van der Waals surface area (Å²) in [5, 5.41) is 2.75. The Balaban J connectivity index is 1.91. The monoisotopic (exact) mass is 271 g/mol. The van der Waals surface area contributed by atoms with Crippen LogP contribution >= 0.6 is 0 Å². The molecule has 1 N–H and O–H groups in total. The molecule has 0 heterocycles. The third-order valence-electron chi connectivity index (χ3n) is 2.55. The molecule has 4 nitrogen and oxygen atoms in total. The maximum absolute atomic E-state index is 11.5. The van der Waals surface area contributed by atoms with Crippen molar-refractivity contribution < 1.29 is 14.3 Å². The average molecular weight is 271 g/mol. The summed E-state index contributed by atoms with van der Waals surface area (Å²) >= 11 is 0. The summed E-state index contributed by atoms with van der Waals surface area (Å²) in [6, 6.07) is 16.7. The molecule has 4 heteroatoms. The van der Waals surface area contributed by atoms with E-state index in [1.165, 1.54) is 0 Å². The molecule has 104 valence electrons. The zero-order chi connectivity index (χ0) is 14.2. The summed E-state index contributed by atoms with van der Waals surface area (Å²) in [7, 11) is 0. The molecule has 0 radical (unpaired) electrons. The van der Waals surface area contributed by atoms with Crippen molar-refractivity contribution in [3.63, 3.8) is 0 Å². The first-order valence-corrected chi connectivity index (χ1v) is 6.48. The van der Waals surface area contributed by atoms with Gasteiger partial charge in [-0.2, -0.15) is 0 Å². The SMILES string of the molecule is CCOCC(=O)Nc1ccc(Oc2ccccc2)cc1. The van der Waals surface area contributed by atoms with Crippen LogP contribution in [-0.2, 0) is 9.53 Å². The normalized spacial score (nSPS) is 10.1. The molecular formula is C16H17NO3. The molecule has 0 aliphatic carbocycles. The van der Waals surface area contributed by atoms with Crippen molar-refractivity contribution in [2.45, 2.75) is 6.92 Å². The number of nitrogens with one attached hydrogen (secondary N) is 1. The van der Waals surface area contributed by atoms with E-state index >= 15 is 0 Å². The minimum atomic E-state index is -0.163. The van der Waals surface area contributed by atoms with Gasteiger partial charge >= 0.3 is 0 Å². The van der Waals surface area contributed by atoms with E-state index in [1.54, 1.807) is 12.1 Å². The Morgan fingerprint density at radius 2 is 1.65 bits per heavy atom. The van der Waals surface area contributed by atoms with E-state index in [9.17, 15) is 4.79 Å². The molecule has 1 amide bonds. The van der Waals surface area contributed by atoms with Gasteiger partial charge < -0.3 is 14.8 Å². The van der Waals surface area contributed by atoms with E-state index in [1.807, 2.05) is 49.4 Å². The van der Waals surface area contributed by atoms with E-state index in [0.717, 1.165) is 17.2 Å². The third kappa shape index (κ3) is 4.40. The summed E-state index contributed by atoms with van der Waals surface area (Å²) in [4.78, 5) is 11.5. The number of carbonyl (C=O) groups is 1. The number of hydrogen-bond donors (Lipinski definition) is 1. The molecule has 0 atom stereocenters. The van der Waals surface area contributed by atoms with Gasteiger partial charge in [-0.15, -0.1) is 0 Å². The zero-order valence-electron chi connectivity index (χ0n) is 11.3. The first-order valence-electron chi connectivity index (χ1n) is 6.48. The van der Waals surface area contributed by atoms with Gasteiger partial charge in [-0.3, -0.25) is 4.79 Å². The summed E-state index contributed by atoms with van der Waals surface area (Å²) in [5.41, 5.74) is 0.718. The van der Waals surface area contributed by atoms with Crippen molar-refractivity contribution in [3.05, 3.63) is 54.6 Å². The average Bonchev–Trinajstić information content (AvgIpc) is 2.48. The lowest BCUT2D eigenvalue weighted by molar-refractivity contribution is -0.120. The minimum Gasteiger partial charge on any atom is -0.457 e. The van der Waals surface area contributed by atoms with Gasteiger partial charge in [0.15, 0.2) is 0 Å². The van der Waals surface area contributed by atoms with Gasteiger partial charge in [0.2, 0.25) is 5.91 Å². The molecular weight excluding hydrogens is 254 g/mol. The summed E-state index contributed by atoms with van der Waals surface area (Å²) < 4.78 is 10.7. The first kappa shape index (κ1) is 14.1. The zero-order valence-corrected chi connectivity index (χ0v) is 11.3. The lowest BCUT2D eigenvalue weighted by atomic mass is 10.3. The predicted molar refractivity (Wildman–Crippen MR) is 78.1 cm³/mol. The van der Waals surface area contributed by atoms with Crippen molar-refractivity contribution in [3.8, 4) is 11.5 Å². The Bertz CT molecular complexity index is 537. The standard InChI is InChI=1S/C16H17NO3/c1-2-19-12-16(18)17-13-8-10-15(11-9-13)20-14-6-4-3-5-7-14/h3-11H,2,12H2,1H3,(H,17,18). The van der Waals surface area contributed by atoms with E-state index in [-0.39, 0.29) is 12.5 Å². The Morgan fingerprint density at radius 1 is 1.00 bits per heavy atom. The van der Waals surface area contributed by atoms with E-state index < -0.39 is 0 Å². The highest BCUT2D eigenvalue weighted by Crippen LogP contribution is 2.22. The fourth-order valence-electron chi connectivity index (χ4n) is 1.62. The number of ether oxygens (including phenoxy) is 2. The van der Waals surface area contributed by atoms with Gasteiger partial charge in [0.25, 0.3) is 0 Å². The molecule has 0 fully saturated rings. The van der Waals surface area contributed by atoms with Crippen LogP contribution in [0.15, 0.2) is 54.6 Å². The maximum atomic E-state index is 11.5. The molecule has 2 rings (SSSR count). The van der Waals surface area contributed by atoms with Gasteiger partial charge in [-0.05, 0) is 43.3 Å². The molecule has 0 saturated heterocycles. The quantitative estimate of drug-likeness (QED) is 0.875. The molecule has 20 heavy (non-hydrogen) atoms. The van der Waals surface area contributed by atoms with Crippen molar-refractivity contribution in [1.29, 1.82) is 0 Å². The van der Waals surface area contributed by atoms with Gasteiger partial charge in [0.1, 0.15) is 18.1 Å². The topological polar surface area (TPSA) is 47.6 Å². The number of carbonyl (C=O) groups excluding carboxylic acids is 1. The fourth-order valence-corrected chi connectivity index (χ4v) is 1.62. The second-order valence-electron chi connectivity index (χ2n) is 4.12. The smallest absolute Gasteiger partial charge is 0.250 e. The molecule has 0 aromatic heterocycles. The van der Waals surface area contributed by atoms with Crippen molar-refractivity contribution >= 4 is 11.6 Å². The maximum Gasteiger partial charge on any atom is 0.250 e.